The maximum atomic E-state index is 12.7. The molecule has 16 nitrogen and oxygen atoms in total. The summed E-state index contributed by atoms with van der Waals surface area (Å²) < 4.78 is 19.3. The molecule has 0 radical (unpaired) electrons. The molecule has 0 atom stereocenters. The molecule has 0 fully saturated rings. The zero-order valence-corrected chi connectivity index (χ0v) is 22.7. The molecule has 0 aliphatic carbocycles. The van der Waals surface area contributed by atoms with Crippen LogP contribution in [0.1, 0.15) is 32.1 Å². The predicted molar refractivity (Wildman–Crippen MR) is 137 cm³/mol. The molecule has 16 heteroatoms. The number of hydrogen-bond donors (Lipinski definition) is 4. The Kier molecular flexibility index (Phi) is 20.2. The predicted octanol–water partition coefficient (Wildman–Crippen LogP) is -1.69. The second-order valence-electron chi connectivity index (χ2n) is 8.16. The first-order valence-corrected chi connectivity index (χ1v) is 12.5. The lowest BCUT2D eigenvalue weighted by atomic mass is 10.2. The average molecular weight is 563 g/mol. The lowest BCUT2D eigenvalue weighted by Gasteiger charge is -2.26. The van der Waals surface area contributed by atoms with Crippen LogP contribution in [0.3, 0.4) is 0 Å². The fourth-order valence-electron chi connectivity index (χ4n) is 3.06. The van der Waals surface area contributed by atoms with Crippen molar-refractivity contribution in [2.24, 2.45) is 11.5 Å². The Balaban J connectivity index is 4.82. The number of nitrogens with one attached hydrogen (secondary N) is 2. The minimum Gasteiger partial charge on any atom is -0.447 e. The molecule has 0 aliphatic heterocycles. The summed E-state index contributed by atoms with van der Waals surface area (Å²) in [4.78, 5) is 73.9. The van der Waals surface area contributed by atoms with Crippen LogP contribution < -0.4 is 22.1 Å². The van der Waals surface area contributed by atoms with Gasteiger partial charge in [0.15, 0.2) is 0 Å². The van der Waals surface area contributed by atoms with E-state index in [4.69, 9.17) is 30.4 Å². The van der Waals surface area contributed by atoms with Gasteiger partial charge in [0.1, 0.15) is 13.2 Å². The Morgan fingerprint density at radius 3 is 1.31 bits per heavy atom. The smallest absolute Gasteiger partial charge is 0.407 e. The summed E-state index contributed by atoms with van der Waals surface area (Å²) in [5, 5.41) is 4.91. The molecule has 0 unspecified atom stereocenters. The molecule has 0 spiro atoms. The fraction of sp³-hybridized carbons (Fsp3) is 0.739. The van der Waals surface area contributed by atoms with Crippen molar-refractivity contribution in [1.29, 1.82) is 0 Å². The van der Waals surface area contributed by atoms with Crippen molar-refractivity contribution in [2.75, 3.05) is 79.9 Å². The molecule has 0 heterocycles. The lowest BCUT2D eigenvalue weighted by molar-refractivity contribution is -0.132. The first-order valence-electron chi connectivity index (χ1n) is 12.5. The minimum atomic E-state index is -0.690. The molecule has 0 saturated heterocycles. The van der Waals surface area contributed by atoms with Crippen molar-refractivity contribution in [2.45, 2.75) is 32.1 Å². The van der Waals surface area contributed by atoms with E-state index in [9.17, 15) is 28.8 Å². The summed E-state index contributed by atoms with van der Waals surface area (Å²) in [6.07, 6.45) is -1.27. The highest BCUT2D eigenvalue weighted by atomic mass is 16.6. The molecule has 0 aromatic rings. The van der Waals surface area contributed by atoms with Crippen LogP contribution in [0.15, 0.2) is 0 Å². The van der Waals surface area contributed by atoms with Crippen molar-refractivity contribution < 1.29 is 47.7 Å². The van der Waals surface area contributed by atoms with E-state index in [1.54, 1.807) is 0 Å². The first kappa shape index (κ1) is 35.3. The van der Waals surface area contributed by atoms with Crippen LogP contribution in [0.25, 0.3) is 0 Å². The molecule has 0 aromatic carbocycles. The lowest BCUT2D eigenvalue weighted by Crippen LogP contribution is -2.40. The van der Waals surface area contributed by atoms with E-state index < -0.39 is 24.0 Å². The van der Waals surface area contributed by atoms with Crippen LogP contribution in [-0.4, -0.2) is 126 Å². The highest BCUT2D eigenvalue weighted by Crippen LogP contribution is 2.04. The quantitative estimate of drug-likeness (QED) is 0.110. The summed E-state index contributed by atoms with van der Waals surface area (Å²) in [6, 6.07) is 0. The zero-order valence-electron chi connectivity index (χ0n) is 22.7. The summed E-state index contributed by atoms with van der Waals surface area (Å²) >= 11 is 0. The number of ether oxygens (including phenoxy) is 4. The van der Waals surface area contributed by atoms with Gasteiger partial charge in [-0.15, -0.1) is 0 Å². The average Bonchev–Trinajstić information content (AvgIpc) is 2.87. The van der Waals surface area contributed by atoms with E-state index in [-0.39, 0.29) is 103 Å². The number of carbonyl (C=O) groups excluding carboxylic acids is 6. The number of rotatable bonds is 22. The molecule has 39 heavy (non-hydrogen) atoms. The van der Waals surface area contributed by atoms with Gasteiger partial charge in [-0.25, -0.2) is 9.59 Å². The third-order valence-corrected chi connectivity index (χ3v) is 5.08. The van der Waals surface area contributed by atoms with Gasteiger partial charge >= 0.3 is 12.2 Å². The highest BCUT2D eigenvalue weighted by molar-refractivity contribution is 5.80. The zero-order chi connectivity index (χ0) is 29.5. The van der Waals surface area contributed by atoms with E-state index in [1.807, 2.05) is 0 Å². The molecule has 6 N–H and O–H groups in total. The third-order valence-electron chi connectivity index (χ3n) is 5.08. The van der Waals surface area contributed by atoms with E-state index >= 15 is 0 Å². The maximum Gasteiger partial charge on any atom is 0.407 e. The molecular formula is C23H42N6O10. The van der Waals surface area contributed by atoms with Crippen LogP contribution in [0.4, 0.5) is 9.59 Å². The number of amides is 6. The summed E-state index contributed by atoms with van der Waals surface area (Å²) in [7, 11) is 2.93. The molecule has 0 rings (SSSR count). The van der Waals surface area contributed by atoms with E-state index in [2.05, 4.69) is 10.6 Å². The van der Waals surface area contributed by atoms with Gasteiger partial charge < -0.3 is 50.8 Å². The normalized spacial score (nSPS) is 10.3. The van der Waals surface area contributed by atoms with Gasteiger partial charge in [-0.1, -0.05) is 0 Å². The third kappa shape index (κ3) is 20.0. The van der Waals surface area contributed by atoms with Gasteiger partial charge in [0.05, 0.1) is 13.2 Å². The Bertz CT molecular complexity index is 720. The van der Waals surface area contributed by atoms with Crippen molar-refractivity contribution in [3.63, 3.8) is 0 Å². The number of carbonyl (C=O) groups is 6. The first-order chi connectivity index (χ1) is 18.6. The Labute approximate surface area is 227 Å². The van der Waals surface area contributed by atoms with Crippen LogP contribution in [-0.2, 0) is 38.1 Å². The van der Waals surface area contributed by atoms with Crippen molar-refractivity contribution in [1.82, 2.24) is 20.4 Å². The van der Waals surface area contributed by atoms with Crippen LogP contribution >= 0.6 is 0 Å². The van der Waals surface area contributed by atoms with Crippen LogP contribution in [0.5, 0.6) is 0 Å². The monoisotopic (exact) mass is 562 g/mol. The second kappa shape index (κ2) is 22.3. The van der Waals surface area contributed by atoms with Crippen molar-refractivity contribution in [3.8, 4) is 0 Å². The van der Waals surface area contributed by atoms with Gasteiger partial charge in [0, 0.05) is 79.2 Å². The summed E-state index contributed by atoms with van der Waals surface area (Å²) in [6.45, 7) is 1.16. The molecule has 0 saturated carbocycles. The molecule has 0 aromatic heterocycles. The standard InChI is InChI=1S/C23H42N6O10/c1-36-14-16-38-22(34)26-8-4-20(32)28(12-6-18(24)30)10-3-11-29(13-7-19(25)31)21(33)5-9-27-23(35)39-17-15-37-2/h3-17H2,1-2H3,(H2,24,30)(H2,25,31)(H,26,34)(H,27,35). The van der Waals surface area contributed by atoms with E-state index in [0.717, 1.165) is 0 Å². The second-order valence-corrected chi connectivity index (χ2v) is 8.16. The van der Waals surface area contributed by atoms with Gasteiger partial charge in [0.25, 0.3) is 0 Å². The summed E-state index contributed by atoms with van der Waals surface area (Å²) in [5.41, 5.74) is 10.4. The molecule has 0 aliphatic rings. The Hall–Kier alpha value is -3.66. The maximum absolute atomic E-state index is 12.7. The number of methoxy groups -OCH3 is 2. The van der Waals surface area contributed by atoms with Crippen LogP contribution in [0.2, 0.25) is 0 Å². The molecule has 6 amide bonds. The summed E-state index contributed by atoms with van der Waals surface area (Å²) in [5.74, 6) is -1.84. The van der Waals surface area contributed by atoms with E-state index in [0.29, 0.717) is 6.42 Å². The molecule has 0 bridgehead atoms. The van der Waals surface area contributed by atoms with Gasteiger partial charge in [-0.2, -0.15) is 0 Å². The minimum absolute atomic E-state index is 0.0157. The number of primary amides is 2. The van der Waals surface area contributed by atoms with Gasteiger partial charge in [-0.05, 0) is 6.42 Å². The van der Waals surface area contributed by atoms with Gasteiger partial charge in [-0.3, -0.25) is 19.2 Å². The van der Waals surface area contributed by atoms with Crippen molar-refractivity contribution in [3.05, 3.63) is 0 Å². The number of nitrogens with zero attached hydrogens (tertiary/aromatic N) is 2. The largest absolute Gasteiger partial charge is 0.447 e. The fourth-order valence-corrected chi connectivity index (χ4v) is 3.06. The number of alkyl carbamates (subject to hydrolysis) is 2. The highest BCUT2D eigenvalue weighted by Gasteiger charge is 2.18. The SMILES string of the molecule is COCCOC(=O)NCCC(=O)N(CCCN(CCC(N)=O)C(=O)CCNC(=O)OCCOC)CCC(N)=O. The van der Waals surface area contributed by atoms with Crippen molar-refractivity contribution >= 4 is 35.8 Å². The number of hydrogen-bond acceptors (Lipinski definition) is 10. The number of nitrogens with two attached hydrogens (primary N) is 2. The Morgan fingerprint density at radius 1 is 0.590 bits per heavy atom. The molecule has 224 valence electrons. The van der Waals surface area contributed by atoms with Gasteiger partial charge in [0.2, 0.25) is 23.6 Å². The van der Waals surface area contributed by atoms with E-state index in [1.165, 1.54) is 24.0 Å². The molecular weight excluding hydrogens is 520 g/mol. The van der Waals surface area contributed by atoms with Crippen LogP contribution in [0, 0.1) is 0 Å². The Morgan fingerprint density at radius 2 is 0.974 bits per heavy atom. The topological polar surface area (TPSA) is 222 Å².